The SMILES string of the molecule is Cc1cc2nc(CC(=O)N(C)C)sc2cc1SC#N. The van der Waals surface area contributed by atoms with Gasteiger partial charge in [0.2, 0.25) is 5.91 Å². The minimum atomic E-state index is 0.0439. The summed E-state index contributed by atoms with van der Waals surface area (Å²) in [5.41, 5.74) is 1.93. The molecule has 0 saturated heterocycles. The Morgan fingerprint density at radius 3 is 2.89 bits per heavy atom. The lowest BCUT2D eigenvalue weighted by atomic mass is 10.2. The minimum absolute atomic E-state index is 0.0439. The van der Waals surface area contributed by atoms with Crippen LogP contribution in [0.25, 0.3) is 10.2 Å². The van der Waals surface area contributed by atoms with Crippen LogP contribution < -0.4 is 0 Å². The highest BCUT2D eigenvalue weighted by Gasteiger charge is 2.12. The molecule has 19 heavy (non-hydrogen) atoms. The molecular formula is C13H13N3OS2. The standard InChI is InChI=1S/C13H13N3OS2/c1-8-4-9-11(5-10(8)18-7-14)19-12(15-9)6-13(17)16(2)3/h4-5H,6H2,1-3H3. The second-order valence-electron chi connectivity index (χ2n) is 4.35. The Labute approximate surface area is 120 Å². The van der Waals surface area contributed by atoms with Gasteiger partial charge in [-0.2, -0.15) is 5.26 Å². The van der Waals surface area contributed by atoms with Crippen molar-refractivity contribution in [2.45, 2.75) is 18.2 Å². The number of hydrogen-bond acceptors (Lipinski definition) is 5. The maximum absolute atomic E-state index is 11.7. The molecule has 0 aliphatic carbocycles. The Kier molecular flexibility index (Phi) is 4.08. The van der Waals surface area contributed by atoms with Crippen molar-refractivity contribution >= 4 is 39.2 Å². The third-order valence-electron chi connectivity index (χ3n) is 2.69. The van der Waals surface area contributed by atoms with E-state index in [0.717, 1.165) is 37.4 Å². The van der Waals surface area contributed by atoms with E-state index in [2.05, 4.69) is 10.4 Å². The van der Waals surface area contributed by atoms with Gasteiger partial charge in [-0.25, -0.2) is 4.98 Å². The van der Waals surface area contributed by atoms with Gasteiger partial charge in [0.15, 0.2) is 0 Å². The lowest BCUT2D eigenvalue weighted by Gasteiger charge is -2.07. The largest absolute Gasteiger partial charge is 0.348 e. The lowest BCUT2D eigenvalue weighted by Crippen LogP contribution is -2.23. The van der Waals surface area contributed by atoms with E-state index in [0.29, 0.717) is 6.42 Å². The third kappa shape index (κ3) is 3.06. The van der Waals surface area contributed by atoms with Gasteiger partial charge >= 0.3 is 0 Å². The van der Waals surface area contributed by atoms with Crippen LogP contribution in [0.1, 0.15) is 10.6 Å². The van der Waals surface area contributed by atoms with E-state index >= 15 is 0 Å². The number of thioether (sulfide) groups is 1. The molecule has 0 saturated carbocycles. The van der Waals surface area contributed by atoms with Gasteiger partial charge < -0.3 is 4.90 Å². The first-order valence-corrected chi connectivity index (χ1v) is 7.30. The fraction of sp³-hybridized carbons (Fsp3) is 0.308. The summed E-state index contributed by atoms with van der Waals surface area (Å²) in [5.74, 6) is 0.0439. The summed E-state index contributed by atoms with van der Waals surface area (Å²) in [4.78, 5) is 18.7. The predicted octanol–water partition coefficient (Wildman–Crippen LogP) is 2.81. The second kappa shape index (κ2) is 5.59. The average Bonchev–Trinajstić information content (AvgIpc) is 2.71. The van der Waals surface area contributed by atoms with Crippen molar-refractivity contribution in [3.8, 4) is 5.40 Å². The number of aryl methyl sites for hydroxylation is 1. The number of nitrogens with zero attached hydrogens (tertiary/aromatic N) is 3. The van der Waals surface area contributed by atoms with Gasteiger partial charge in [0, 0.05) is 19.0 Å². The molecule has 0 fully saturated rings. The number of benzene rings is 1. The summed E-state index contributed by atoms with van der Waals surface area (Å²) in [7, 11) is 3.48. The zero-order valence-corrected chi connectivity index (χ0v) is 12.6. The van der Waals surface area contributed by atoms with Gasteiger partial charge in [0.25, 0.3) is 0 Å². The number of carbonyl (C=O) groups excluding carboxylic acids is 1. The molecular weight excluding hydrogens is 278 g/mol. The molecule has 0 radical (unpaired) electrons. The zero-order valence-electron chi connectivity index (χ0n) is 10.9. The first kappa shape index (κ1) is 13.8. The Bertz CT molecular complexity index is 670. The maximum Gasteiger partial charge on any atom is 0.228 e. The van der Waals surface area contributed by atoms with Crippen LogP contribution in [0.2, 0.25) is 0 Å². The van der Waals surface area contributed by atoms with Gasteiger partial charge in [-0.05, 0) is 36.4 Å². The van der Waals surface area contributed by atoms with Crippen molar-refractivity contribution in [3.05, 3.63) is 22.7 Å². The van der Waals surface area contributed by atoms with E-state index in [1.807, 2.05) is 19.1 Å². The van der Waals surface area contributed by atoms with Crippen molar-refractivity contribution in [1.82, 2.24) is 9.88 Å². The van der Waals surface area contributed by atoms with E-state index in [-0.39, 0.29) is 5.91 Å². The number of rotatable bonds is 3. The topological polar surface area (TPSA) is 57.0 Å². The average molecular weight is 291 g/mol. The summed E-state index contributed by atoms with van der Waals surface area (Å²) in [6.45, 7) is 1.96. The third-order valence-corrected chi connectivity index (χ3v) is 4.46. The van der Waals surface area contributed by atoms with Gasteiger partial charge in [0.1, 0.15) is 10.4 Å². The first-order valence-electron chi connectivity index (χ1n) is 5.67. The number of thiazole rings is 1. The number of likely N-dealkylation sites (N-methyl/N-ethyl adjacent to an activating group) is 1. The molecule has 1 amide bonds. The van der Waals surface area contributed by atoms with Gasteiger partial charge in [-0.3, -0.25) is 4.79 Å². The van der Waals surface area contributed by atoms with Crippen LogP contribution in [0, 0.1) is 17.6 Å². The van der Waals surface area contributed by atoms with Crippen LogP contribution in [0.3, 0.4) is 0 Å². The van der Waals surface area contributed by atoms with Gasteiger partial charge in [-0.1, -0.05) is 0 Å². The quantitative estimate of drug-likeness (QED) is 0.644. The molecule has 6 heteroatoms. The van der Waals surface area contributed by atoms with Crippen molar-refractivity contribution in [2.75, 3.05) is 14.1 Å². The maximum atomic E-state index is 11.7. The molecule has 0 spiro atoms. The first-order chi connectivity index (χ1) is 9.01. The highest BCUT2D eigenvalue weighted by molar-refractivity contribution is 8.03. The Morgan fingerprint density at radius 1 is 1.53 bits per heavy atom. The fourth-order valence-corrected chi connectivity index (χ4v) is 3.18. The molecule has 2 aromatic rings. The van der Waals surface area contributed by atoms with Crippen LogP contribution >= 0.6 is 23.1 Å². The van der Waals surface area contributed by atoms with E-state index in [4.69, 9.17) is 5.26 Å². The van der Waals surface area contributed by atoms with E-state index in [1.54, 1.807) is 19.0 Å². The van der Waals surface area contributed by atoms with Gasteiger partial charge in [-0.15, -0.1) is 11.3 Å². The molecule has 1 heterocycles. The lowest BCUT2D eigenvalue weighted by molar-refractivity contribution is -0.127. The molecule has 0 N–H and O–H groups in total. The highest BCUT2D eigenvalue weighted by atomic mass is 32.2. The summed E-state index contributed by atoms with van der Waals surface area (Å²) in [6, 6.07) is 3.94. The molecule has 0 aliphatic heterocycles. The molecule has 1 aromatic carbocycles. The number of amides is 1. The minimum Gasteiger partial charge on any atom is -0.348 e. The van der Waals surface area contributed by atoms with Crippen molar-refractivity contribution in [3.63, 3.8) is 0 Å². The number of aromatic nitrogens is 1. The molecule has 0 aliphatic rings. The normalized spacial score (nSPS) is 10.4. The van der Waals surface area contributed by atoms with Crippen LogP contribution in [-0.2, 0) is 11.2 Å². The summed E-state index contributed by atoms with van der Waals surface area (Å²) >= 11 is 2.66. The van der Waals surface area contributed by atoms with Crippen LogP contribution in [0.15, 0.2) is 17.0 Å². The summed E-state index contributed by atoms with van der Waals surface area (Å²) in [6.07, 6.45) is 0.326. The van der Waals surface area contributed by atoms with Crippen molar-refractivity contribution < 1.29 is 4.79 Å². The van der Waals surface area contributed by atoms with Crippen LogP contribution in [-0.4, -0.2) is 29.9 Å². The number of nitriles is 1. The van der Waals surface area contributed by atoms with Crippen LogP contribution in [0.4, 0.5) is 0 Å². The van der Waals surface area contributed by atoms with Crippen LogP contribution in [0.5, 0.6) is 0 Å². The monoisotopic (exact) mass is 291 g/mol. The zero-order chi connectivity index (χ0) is 14.0. The Balaban J connectivity index is 2.36. The highest BCUT2D eigenvalue weighted by Crippen LogP contribution is 2.30. The van der Waals surface area contributed by atoms with Crippen molar-refractivity contribution in [1.29, 1.82) is 5.26 Å². The number of hydrogen-bond donors (Lipinski definition) is 0. The van der Waals surface area contributed by atoms with Gasteiger partial charge in [0.05, 0.1) is 16.6 Å². The molecule has 98 valence electrons. The van der Waals surface area contributed by atoms with E-state index in [1.165, 1.54) is 11.3 Å². The van der Waals surface area contributed by atoms with E-state index in [9.17, 15) is 4.79 Å². The second-order valence-corrected chi connectivity index (χ2v) is 6.29. The molecule has 0 unspecified atom stereocenters. The number of fused-ring (bicyclic) bond motifs is 1. The van der Waals surface area contributed by atoms with E-state index < -0.39 is 0 Å². The van der Waals surface area contributed by atoms with Crippen molar-refractivity contribution in [2.24, 2.45) is 0 Å². The molecule has 1 aromatic heterocycles. The molecule has 0 bridgehead atoms. The smallest absolute Gasteiger partial charge is 0.228 e. The number of thiocyanates is 1. The Hall–Kier alpha value is -1.58. The summed E-state index contributed by atoms with van der Waals surface area (Å²) in [5, 5.41) is 11.6. The molecule has 2 rings (SSSR count). The summed E-state index contributed by atoms with van der Waals surface area (Å²) < 4.78 is 1.02. The fourth-order valence-electron chi connectivity index (χ4n) is 1.63. The number of carbonyl (C=O) groups is 1. The predicted molar refractivity (Wildman–Crippen MR) is 78.2 cm³/mol. The molecule has 0 atom stereocenters. The molecule has 4 nitrogen and oxygen atoms in total. The Morgan fingerprint density at radius 2 is 2.26 bits per heavy atom.